The van der Waals surface area contributed by atoms with Gasteiger partial charge in [0.15, 0.2) is 0 Å². The van der Waals surface area contributed by atoms with E-state index in [0.717, 1.165) is 12.1 Å². The molecule has 0 saturated carbocycles. The molecule has 2 N–H and O–H groups in total. The minimum atomic E-state index is -4.56. The Bertz CT molecular complexity index is 502. The molecule has 0 bridgehead atoms. The van der Waals surface area contributed by atoms with Gasteiger partial charge < -0.3 is 15.4 Å². The van der Waals surface area contributed by atoms with Gasteiger partial charge in [0.05, 0.1) is 23.2 Å². The lowest BCUT2D eigenvalue weighted by Crippen LogP contribution is -2.38. The van der Waals surface area contributed by atoms with Crippen molar-refractivity contribution < 1.29 is 22.7 Å². The minimum Gasteiger partial charge on any atom is -0.379 e. The fourth-order valence-electron chi connectivity index (χ4n) is 1.82. The first-order valence-corrected chi connectivity index (χ1v) is 6.26. The van der Waals surface area contributed by atoms with E-state index in [1.807, 2.05) is 0 Å². The Morgan fingerprint density at radius 3 is 2.75 bits per heavy atom. The average Bonchev–Trinajstić information content (AvgIpc) is 2.83. The van der Waals surface area contributed by atoms with Crippen molar-refractivity contribution in [1.82, 2.24) is 5.32 Å². The lowest BCUT2D eigenvalue weighted by Gasteiger charge is -2.14. The zero-order valence-electron chi connectivity index (χ0n) is 10.3. The van der Waals surface area contributed by atoms with Gasteiger partial charge in [-0.3, -0.25) is 0 Å². The number of rotatable bonds is 2. The van der Waals surface area contributed by atoms with Crippen molar-refractivity contribution >= 4 is 23.3 Å². The summed E-state index contributed by atoms with van der Waals surface area (Å²) >= 11 is 5.49. The zero-order valence-corrected chi connectivity index (χ0v) is 11.0. The highest BCUT2D eigenvalue weighted by atomic mass is 35.5. The van der Waals surface area contributed by atoms with Crippen LogP contribution in [-0.2, 0) is 10.9 Å². The van der Waals surface area contributed by atoms with Crippen LogP contribution in [0.5, 0.6) is 0 Å². The van der Waals surface area contributed by atoms with E-state index in [4.69, 9.17) is 16.3 Å². The summed E-state index contributed by atoms with van der Waals surface area (Å²) < 4.78 is 43.1. The van der Waals surface area contributed by atoms with E-state index in [1.165, 1.54) is 6.07 Å². The van der Waals surface area contributed by atoms with Crippen LogP contribution in [0.15, 0.2) is 18.2 Å². The Kier molecular flexibility index (Phi) is 4.39. The Morgan fingerprint density at radius 1 is 1.40 bits per heavy atom. The maximum Gasteiger partial charge on any atom is 0.417 e. The maximum atomic E-state index is 12.7. The highest BCUT2D eigenvalue weighted by Gasteiger charge is 2.33. The van der Waals surface area contributed by atoms with E-state index in [-0.39, 0.29) is 11.7 Å². The molecule has 1 aromatic carbocycles. The topological polar surface area (TPSA) is 50.4 Å². The van der Waals surface area contributed by atoms with Crippen LogP contribution in [0.3, 0.4) is 0 Å². The maximum absolute atomic E-state index is 12.7. The molecule has 1 aromatic rings. The number of urea groups is 1. The number of halogens is 4. The lowest BCUT2D eigenvalue weighted by atomic mass is 10.2. The third kappa shape index (κ3) is 3.77. The van der Waals surface area contributed by atoms with E-state index in [9.17, 15) is 18.0 Å². The second-order valence-electron chi connectivity index (χ2n) is 4.35. The Labute approximate surface area is 118 Å². The molecule has 1 atom stereocenters. The summed E-state index contributed by atoms with van der Waals surface area (Å²) in [4.78, 5) is 11.6. The van der Waals surface area contributed by atoms with Gasteiger partial charge in [-0.05, 0) is 24.6 Å². The summed E-state index contributed by atoms with van der Waals surface area (Å²) in [6.07, 6.45) is -3.88. The first-order chi connectivity index (χ1) is 9.36. The number of carbonyl (C=O) groups excluding carboxylic acids is 1. The molecule has 1 saturated heterocycles. The van der Waals surface area contributed by atoms with Crippen LogP contribution in [-0.4, -0.2) is 25.3 Å². The van der Waals surface area contributed by atoms with Gasteiger partial charge in [-0.15, -0.1) is 0 Å². The van der Waals surface area contributed by atoms with E-state index >= 15 is 0 Å². The summed E-state index contributed by atoms with van der Waals surface area (Å²) in [5, 5.41) is 4.55. The van der Waals surface area contributed by atoms with Gasteiger partial charge >= 0.3 is 12.2 Å². The van der Waals surface area contributed by atoms with Crippen molar-refractivity contribution in [3.63, 3.8) is 0 Å². The molecule has 0 radical (unpaired) electrons. The smallest absolute Gasteiger partial charge is 0.379 e. The Hall–Kier alpha value is -1.47. The Morgan fingerprint density at radius 2 is 2.15 bits per heavy atom. The monoisotopic (exact) mass is 308 g/mol. The number of amides is 2. The van der Waals surface area contributed by atoms with Crippen molar-refractivity contribution in [2.75, 3.05) is 18.5 Å². The molecule has 1 fully saturated rings. The SMILES string of the molecule is O=C(Nc1ccc(Cl)c(C(F)(F)F)c1)NC1CCOC1. The number of alkyl halides is 3. The van der Waals surface area contributed by atoms with Crippen LogP contribution in [0.1, 0.15) is 12.0 Å². The van der Waals surface area contributed by atoms with Gasteiger partial charge in [0.25, 0.3) is 0 Å². The van der Waals surface area contributed by atoms with E-state index in [0.29, 0.717) is 19.6 Å². The summed E-state index contributed by atoms with van der Waals surface area (Å²) in [5.41, 5.74) is -0.959. The first kappa shape index (κ1) is 14.9. The van der Waals surface area contributed by atoms with Gasteiger partial charge in [-0.2, -0.15) is 13.2 Å². The normalized spacial score (nSPS) is 18.9. The highest BCUT2D eigenvalue weighted by Crippen LogP contribution is 2.36. The van der Waals surface area contributed by atoms with Crippen LogP contribution in [0.4, 0.5) is 23.7 Å². The van der Waals surface area contributed by atoms with Crippen LogP contribution < -0.4 is 10.6 Å². The number of ether oxygens (including phenoxy) is 1. The fourth-order valence-corrected chi connectivity index (χ4v) is 2.05. The molecular weight excluding hydrogens is 297 g/mol. The van der Waals surface area contributed by atoms with Crippen molar-refractivity contribution in [2.24, 2.45) is 0 Å². The summed E-state index contributed by atoms with van der Waals surface area (Å²) in [6.45, 7) is 0.964. The van der Waals surface area contributed by atoms with Gasteiger partial charge in [0.2, 0.25) is 0 Å². The number of hydrogen-bond acceptors (Lipinski definition) is 2. The highest BCUT2D eigenvalue weighted by molar-refractivity contribution is 6.31. The van der Waals surface area contributed by atoms with Crippen molar-refractivity contribution in [3.8, 4) is 0 Å². The molecule has 2 rings (SSSR count). The second kappa shape index (κ2) is 5.88. The largest absolute Gasteiger partial charge is 0.417 e. The standard InChI is InChI=1S/C12H12ClF3N2O2/c13-10-2-1-7(5-9(10)12(14,15)16)17-11(19)18-8-3-4-20-6-8/h1-2,5,8H,3-4,6H2,(H2,17,18,19). The molecule has 20 heavy (non-hydrogen) atoms. The van der Waals surface area contributed by atoms with Gasteiger partial charge in [-0.1, -0.05) is 11.6 Å². The molecule has 4 nitrogen and oxygen atoms in total. The lowest BCUT2D eigenvalue weighted by molar-refractivity contribution is -0.137. The van der Waals surface area contributed by atoms with E-state index in [2.05, 4.69) is 10.6 Å². The van der Waals surface area contributed by atoms with Crippen LogP contribution in [0.2, 0.25) is 5.02 Å². The van der Waals surface area contributed by atoms with Gasteiger partial charge in [-0.25, -0.2) is 4.79 Å². The second-order valence-corrected chi connectivity index (χ2v) is 4.76. The van der Waals surface area contributed by atoms with Crippen LogP contribution in [0, 0.1) is 0 Å². The van der Waals surface area contributed by atoms with Crippen LogP contribution in [0.25, 0.3) is 0 Å². The molecular formula is C12H12ClF3N2O2. The first-order valence-electron chi connectivity index (χ1n) is 5.88. The molecule has 0 spiro atoms. The number of benzene rings is 1. The van der Waals surface area contributed by atoms with E-state index < -0.39 is 22.8 Å². The third-order valence-electron chi connectivity index (χ3n) is 2.79. The van der Waals surface area contributed by atoms with Crippen molar-refractivity contribution in [3.05, 3.63) is 28.8 Å². The van der Waals surface area contributed by atoms with E-state index in [1.54, 1.807) is 0 Å². The zero-order chi connectivity index (χ0) is 14.8. The molecule has 2 amide bonds. The summed E-state index contributed by atoms with van der Waals surface area (Å²) in [6, 6.07) is 2.51. The third-order valence-corrected chi connectivity index (χ3v) is 3.12. The average molecular weight is 309 g/mol. The fraction of sp³-hybridized carbons (Fsp3) is 0.417. The quantitative estimate of drug-likeness (QED) is 0.881. The van der Waals surface area contributed by atoms with Crippen LogP contribution >= 0.6 is 11.6 Å². The molecule has 0 aromatic heterocycles. The number of nitrogens with one attached hydrogen (secondary N) is 2. The summed E-state index contributed by atoms with van der Waals surface area (Å²) in [5.74, 6) is 0. The molecule has 1 heterocycles. The summed E-state index contributed by atoms with van der Waals surface area (Å²) in [7, 11) is 0. The molecule has 1 aliphatic heterocycles. The minimum absolute atomic E-state index is 0.0261. The van der Waals surface area contributed by atoms with Gasteiger partial charge in [0, 0.05) is 12.3 Å². The Balaban J connectivity index is 2.04. The molecule has 8 heteroatoms. The predicted molar refractivity (Wildman–Crippen MR) is 67.8 cm³/mol. The number of carbonyl (C=O) groups is 1. The molecule has 1 unspecified atom stereocenters. The molecule has 1 aliphatic rings. The number of hydrogen-bond donors (Lipinski definition) is 2. The van der Waals surface area contributed by atoms with Crippen molar-refractivity contribution in [2.45, 2.75) is 18.6 Å². The molecule has 0 aliphatic carbocycles. The number of anilines is 1. The predicted octanol–water partition coefficient (Wildman–Crippen LogP) is 3.27. The van der Waals surface area contributed by atoms with Crippen molar-refractivity contribution in [1.29, 1.82) is 0 Å². The molecule has 110 valence electrons. The van der Waals surface area contributed by atoms with Gasteiger partial charge in [0.1, 0.15) is 0 Å².